The van der Waals surface area contributed by atoms with Crippen LogP contribution in [0.1, 0.15) is 16.9 Å². The Labute approximate surface area is 153 Å². The number of benzene rings is 1. The average molecular weight is 401 g/mol. The highest BCUT2D eigenvalue weighted by molar-refractivity contribution is 9.10. The molecule has 1 aliphatic heterocycles. The predicted molar refractivity (Wildman–Crippen MR) is 106 cm³/mol. The second kappa shape index (κ2) is 6.18. The van der Waals surface area contributed by atoms with E-state index in [4.69, 9.17) is 10.7 Å². The molecule has 0 amide bonds. The topological polar surface area (TPSA) is 63.3 Å². The first kappa shape index (κ1) is 15.6. The fourth-order valence-corrected chi connectivity index (χ4v) is 4.36. The molecule has 0 saturated heterocycles. The van der Waals surface area contributed by atoms with E-state index in [1.807, 2.05) is 12.1 Å². The van der Waals surface area contributed by atoms with E-state index in [1.165, 1.54) is 0 Å². The minimum absolute atomic E-state index is 0.788. The van der Waals surface area contributed by atoms with Gasteiger partial charge < -0.3 is 11.1 Å². The number of hydrogen-bond acceptors (Lipinski definition) is 5. The number of nitrogens with two attached hydrogens (primary N) is 1. The van der Waals surface area contributed by atoms with Crippen LogP contribution in [-0.2, 0) is 0 Å². The molecule has 0 radical (unpaired) electrons. The van der Waals surface area contributed by atoms with Crippen molar-refractivity contribution in [3.63, 3.8) is 0 Å². The van der Waals surface area contributed by atoms with Gasteiger partial charge in [-0.3, -0.25) is 4.99 Å². The Hall–Kier alpha value is -1.92. The summed E-state index contributed by atoms with van der Waals surface area (Å²) >= 11 is 5.09. The molecule has 6 heteroatoms. The van der Waals surface area contributed by atoms with Gasteiger partial charge in [-0.05, 0) is 37.1 Å². The molecule has 2 aromatic heterocycles. The molecule has 0 atom stereocenters. The summed E-state index contributed by atoms with van der Waals surface area (Å²) < 4.78 is 1.06. The van der Waals surface area contributed by atoms with E-state index in [0.29, 0.717) is 0 Å². The Morgan fingerprint density at radius 3 is 2.75 bits per heavy atom. The van der Waals surface area contributed by atoms with Gasteiger partial charge in [-0.1, -0.05) is 28.1 Å². The van der Waals surface area contributed by atoms with Crippen LogP contribution in [0.3, 0.4) is 0 Å². The number of hydrogen-bond donors (Lipinski definition) is 2. The summed E-state index contributed by atoms with van der Waals surface area (Å²) in [6.07, 6.45) is 1.07. The number of nitrogen functional groups attached to an aromatic ring is 1. The highest BCUT2D eigenvalue weighted by atomic mass is 79.9. The zero-order valence-electron chi connectivity index (χ0n) is 13.3. The number of thiophene rings is 1. The van der Waals surface area contributed by atoms with Crippen LogP contribution in [0.15, 0.2) is 39.8 Å². The van der Waals surface area contributed by atoms with Crippen LogP contribution in [0, 0.1) is 6.92 Å². The van der Waals surface area contributed by atoms with Crippen molar-refractivity contribution in [3.05, 3.63) is 45.2 Å². The number of rotatable bonds is 2. The van der Waals surface area contributed by atoms with E-state index in [2.05, 4.69) is 51.4 Å². The van der Waals surface area contributed by atoms with E-state index in [9.17, 15) is 0 Å². The quantitative estimate of drug-likeness (QED) is 0.671. The van der Waals surface area contributed by atoms with Crippen molar-refractivity contribution in [2.45, 2.75) is 13.3 Å². The van der Waals surface area contributed by atoms with Crippen molar-refractivity contribution in [2.75, 3.05) is 18.8 Å². The van der Waals surface area contributed by atoms with Crippen LogP contribution < -0.4 is 11.1 Å². The molecule has 0 aliphatic carbocycles. The highest BCUT2D eigenvalue weighted by Crippen LogP contribution is 2.37. The highest BCUT2D eigenvalue weighted by Gasteiger charge is 2.19. The second-order valence-corrected chi connectivity index (χ2v) is 7.78. The fraction of sp³-hybridized carbons (Fsp3) is 0.222. The SMILES string of the molecule is Cc1cc(-c2ccc(Br)cc2)nc2sc(C3=NCCCN3)c(N)c12. The van der Waals surface area contributed by atoms with Gasteiger partial charge in [0, 0.05) is 28.5 Å². The number of aromatic nitrogens is 1. The molecule has 0 bridgehead atoms. The van der Waals surface area contributed by atoms with Gasteiger partial charge in [0.2, 0.25) is 0 Å². The summed E-state index contributed by atoms with van der Waals surface area (Å²) in [5.74, 6) is 0.909. The van der Waals surface area contributed by atoms with Crippen LogP contribution in [-0.4, -0.2) is 23.9 Å². The summed E-state index contributed by atoms with van der Waals surface area (Å²) in [5.41, 5.74) is 10.4. The lowest BCUT2D eigenvalue weighted by Crippen LogP contribution is -2.29. The minimum Gasteiger partial charge on any atom is -0.397 e. The number of halogens is 1. The number of aliphatic imine (C=N–C) groups is 1. The average Bonchev–Trinajstić information content (AvgIpc) is 2.93. The maximum atomic E-state index is 6.42. The third kappa shape index (κ3) is 2.70. The third-order valence-corrected chi connectivity index (χ3v) is 5.78. The van der Waals surface area contributed by atoms with Gasteiger partial charge in [-0.2, -0.15) is 0 Å². The van der Waals surface area contributed by atoms with Gasteiger partial charge in [0.05, 0.1) is 16.3 Å². The first-order valence-electron chi connectivity index (χ1n) is 7.88. The minimum atomic E-state index is 0.788. The molecule has 24 heavy (non-hydrogen) atoms. The molecule has 4 rings (SSSR count). The zero-order chi connectivity index (χ0) is 16.7. The van der Waals surface area contributed by atoms with Gasteiger partial charge in [0.1, 0.15) is 10.7 Å². The number of aryl methyl sites for hydroxylation is 1. The van der Waals surface area contributed by atoms with E-state index < -0.39 is 0 Å². The molecule has 3 heterocycles. The maximum absolute atomic E-state index is 6.42. The molecular weight excluding hydrogens is 384 g/mol. The summed E-state index contributed by atoms with van der Waals surface area (Å²) in [7, 11) is 0. The largest absolute Gasteiger partial charge is 0.397 e. The lowest BCUT2D eigenvalue weighted by molar-refractivity contribution is 0.744. The summed E-state index contributed by atoms with van der Waals surface area (Å²) in [4.78, 5) is 11.4. The van der Waals surface area contributed by atoms with Crippen molar-refractivity contribution in [2.24, 2.45) is 4.99 Å². The molecule has 122 valence electrons. The predicted octanol–water partition coefficient (Wildman–Crippen LogP) is 4.36. The Bertz CT molecular complexity index is 944. The molecular formula is C18H17BrN4S. The lowest BCUT2D eigenvalue weighted by Gasteiger charge is -2.13. The van der Waals surface area contributed by atoms with Crippen molar-refractivity contribution in [3.8, 4) is 11.3 Å². The van der Waals surface area contributed by atoms with Gasteiger partial charge in [0.15, 0.2) is 0 Å². The first-order chi connectivity index (χ1) is 11.6. The van der Waals surface area contributed by atoms with Crippen molar-refractivity contribution >= 4 is 49.0 Å². The second-order valence-electron chi connectivity index (χ2n) is 5.87. The van der Waals surface area contributed by atoms with Gasteiger partial charge >= 0.3 is 0 Å². The molecule has 3 N–H and O–H groups in total. The molecule has 0 spiro atoms. The molecule has 1 aromatic carbocycles. The molecule has 1 aliphatic rings. The van der Waals surface area contributed by atoms with Crippen LogP contribution in [0.4, 0.5) is 5.69 Å². The molecule has 4 nitrogen and oxygen atoms in total. The molecule has 0 saturated carbocycles. The van der Waals surface area contributed by atoms with Gasteiger partial charge in [0.25, 0.3) is 0 Å². The van der Waals surface area contributed by atoms with E-state index in [0.717, 1.165) is 67.4 Å². The van der Waals surface area contributed by atoms with E-state index in [1.54, 1.807) is 11.3 Å². The van der Waals surface area contributed by atoms with Gasteiger partial charge in [-0.25, -0.2) is 4.98 Å². The summed E-state index contributed by atoms with van der Waals surface area (Å²) in [6.45, 7) is 3.89. The number of nitrogens with zero attached hydrogens (tertiary/aromatic N) is 2. The summed E-state index contributed by atoms with van der Waals surface area (Å²) in [5, 5.41) is 4.40. The normalized spacial score (nSPS) is 14.5. The summed E-state index contributed by atoms with van der Waals surface area (Å²) in [6, 6.07) is 10.3. The van der Waals surface area contributed by atoms with E-state index >= 15 is 0 Å². The van der Waals surface area contributed by atoms with Crippen LogP contribution >= 0.6 is 27.3 Å². The number of anilines is 1. The molecule has 3 aromatic rings. The van der Waals surface area contributed by atoms with Crippen LogP contribution in [0.5, 0.6) is 0 Å². The van der Waals surface area contributed by atoms with Crippen molar-refractivity contribution in [1.82, 2.24) is 10.3 Å². The molecule has 0 unspecified atom stereocenters. The van der Waals surface area contributed by atoms with E-state index in [-0.39, 0.29) is 0 Å². The maximum Gasteiger partial charge on any atom is 0.140 e. The first-order valence-corrected chi connectivity index (χ1v) is 9.48. The van der Waals surface area contributed by atoms with Crippen LogP contribution in [0.25, 0.3) is 21.5 Å². The lowest BCUT2D eigenvalue weighted by atomic mass is 10.1. The monoisotopic (exact) mass is 400 g/mol. The Kier molecular flexibility index (Phi) is 4.02. The van der Waals surface area contributed by atoms with Crippen molar-refractivity contribution < 1.29 is 0 Å². The van der Waals surface area contributed by atoms with Gasteiger partial charge in [-0.15, -0.1) is 11.3 Å². The Morgan fingerprint density at radius 2 is 2.04 bits per heavy atom. The number of pyridine rings is 1. The zero-order valence-corrected chi connectivity index (χ0v) is 15.7. The standard InChI is InChI=1S/C18H17BrN4S/c1-10-9-13(11-3-5-12(19)6-4-11)23-18-14(10)15(20)16(24-18)17-21-7-2-8-22-17/h3-6,9H,2,7-8,20H2,1H3,(H,21,22). The fourth-order valence-electron chi connectivity index (χ4n) is 2.94. The Morgan fingerprint density at radius 1 is 1.25 bits per heavy atom. The number of nitrogens with one attached hydrogen (secondary N) is 1. The third-order valence-electron chi connectivity index (χ3n) is 4.15. The smallest absolute Gasteiger partial charge is 0.140 e. The molecule has 0 fully saturated rings. The van der Waals surface area contributed by atoms with Crippen molar-refractivity contribution in [1.29, 1.82) is 0 Å². The number of amidine groups is 1. The van der Waals surface area contributed by atoms with Crippen LogP contribution in [0.2, 0.25) is 0 Å². The number of fused-ring (bicyclic) bond motifs is 1. The Balaban J connectivity index is 1.86.